The summed E-state index contributed by atoms with van der Waals surface area (Å²) in [6.45, 7) is 0. The summed E-state index contributed by atoms with van der Waals surface area (Å²) < 4.78 is 65.2. The highest BCUT2D eigenvalue weighted by molar-refractivity contribution is 7.90. The summed E-state index contributed by atoms with van der Waals surface area (Å²) in [5.41, 5.74) is -1.64. The van der Waals surface area contributed by atoms with Gasteiger partial charge in [-0.2, -0.15) is 13.2 Å². The summed E-state index contributed by atoms with van der Waals surface area (Å²) in [6, 6.07) is 8.73. The van der Waals surface area contributed by atoms with Crippen molar-refractivity contribution in [3.05, 3.63) is 65.8 Å². The van der Waals surface area contributed by atoms with Crippen molar-refractivity contribution in [2.24, 2.45) is 0 Å². The highest BCUT2D eigenvalue weighted by atomic mass is 35.5. The molecular weight excluding hydrogens is 379 g/mol. The van der Waals surface area contributed by atoms with E-state index in [9.17, 15) is 21.6 Å². The van der Waals surface area contributed by atoms with Gasteiger partial charge in [0.25, 0.3) is 10.0 Å². The smallest absolute Gasteiger partial charge is 0.248 e. The summed E-state index contributed by atoms with van der Waals surface area (Å²) in [7, 11) is -3.93. The zero-order chi connectivity index (χ0) is 18.2. The number of aromatic nitrogens is 3. The van der Waals surface area contributed by atoms with E-state index in [1.807, 2.05) is 0 Å². The second-order valence-electron chi connectivity index (χ2n) is 4.95. The lowest BCUT2D eigenvalue weighted by Gasteiger charge is -2.10. The van der Waals surface area contributed by atoms with Gasteiger partial charge in [0.2, 0.25) is 5.28 Å². The van der Waals surface area contributed by atoms with Gasteiger partial charge < -0.3 is 0 Å². The van der Waals surface area contributed by atoms with Gasteiger partial charge in [-0.05, 0) is 29.8 Å². The van der Waals surface area contributed by atoms with Crippen molar-refractivity contribution < 1.29 is 21.6 Å². The summed E-state index contributed by atoms with van der Waals surface area (Å²) >= 11 is 5.59. The minimum atomic E-state index is -4.71. The molecular formula is C15H9ClF3N3O2S. The van der Waals surface area contributed by atoms with Crippen LogP contribution < -0.4 is 0 Å². The lowest BCUT2D eigenvalue weighted by atomic mass is 10.1. The van der Waals surface area contributed by atoms with Crippen LogP contribution in [-0.2, 0) is 16.2 Å². The van der Waals surface area contributed by atoms with Gasteiger partial charge in [0, 0.05) is 24.2 Å². The van der Waals surface area contributed by atoms with E-state index in [0.29, 0.717) is 6.20 Å². The standard InChI is InChI=1S/C15H9ClF3N3O2S/c16-14-20-8-12(15(17,18)19)13(21-14)10-6-7-22(9-10)25(23,24)11-4-2-1-3-5-11/h1-9H. The molecule has 0 fully saturated rings. The van der Waals surface area contributed by atoms with Gasteiger partial charge >= 0.3 is 6.18 Å². The SMILES string of the molecule is O=S(=O)(c1ccccc1)n1ccc(-c2nc(Cl)ncc2C(F)(F)F)c1. The third-order valence-electron chi connectivity index (χ3n) is 3.32. The Morgan fingerprint density at radius 2 is 1.76 bits per heavy atom. The molecule has 0 radical (unpaired) electrons. The van der Waals surface area contributed by atoms with Crippen LogP contribution in [0, 0.1) is 0 Å². The molecule has 2 heterocycles. The highest BCUT2D eigenvalue weighted by Gasteiger charge is 2.35. The summed E-state index contributed by atoms with van der Waals surface area (Å²) in [6.07, 6.45) is -1.95. The van der Waals surface area contributed by atoms with E-state index >= 15 is 0 Å². The number of hydrogen-bond donors (Lipinski definition) is 0. The molecule has 3 aromatic rings. The molecule has 10 heteroatoms. The molecule has 0 atom stereocenters. The van der Waals surface area contributed by atoms with Gasteiger partial charge in [-0.1, -0.05) is 18.2 Å². The van der Waals surface area contributed by atoms with Crippen molar-refractivity contribution in [3.63, 3.8) is 0 Å². The van der Waals surface area contributed by atoms with Crippen LogP contribution in [0.5, 0.6) is 0 Å². The normalized spacial score (nSPS) is 12.3. The monoisotopic (exact) mass is 387 g/mol. The molecule has 0 aliphatic heterocycles. The molecule has 0 amide bonds. The first-order chi connectivity index (χ1) is 11.7. The fraction of sp³-hybridized carbons (Fsp3) is 0.0667. The molecule has 3 rings (SSSR count). The first-order valence-electron chi connectivity index (χ1n) is 6.78. The van der Waals surface area contributed by atoms with Gasteiger partial charge in [-0.3, -0.25) is 0 Å². The number of nitrogens with zero attached hydrogens (tertiary/aromatic N) is 3. The Bertz CT molecular complexity index is 1020. The molecule has 0 aliphatic carbocycles. The molecule has 0 N–H and O–H groups in total. The zero-order valence-electron chi connectivity index (χ0n) is 12.3. The average Bonchev–Trinajstić information content (AvgIpc) is 3.05. The van der Waals surface area contributed by atoms with E-state index in [0.717, 1.165) is 16.4 Å². The van der Waals surface area contributed by atoms with Crippen LogP contribution in [-0.4, -0.2) is 22.4 Å². The van der Waals surface area contributed by atoms with Crippen molar-refractivity contribution in [2.75, 3.05) is 0 Å². The number of rotatable bonds is 3. The number of benzene rings is 1. The fourth-order valence-electron chi connectivity index (χ4n) is 2.17. The third-order valence-corrected chi connectivity index (χ3v) is 5.16. The molecule has 0 unspecified atom stereocenters. The Balaban J connectivity index is 2.11. The zero-order valence-corrected chi connectivity index (χ0v) is 13.8. The van der Waals surface area contributed by atoms with Crippen LogP contribution in [0.4, 0.5) is 13.2 Å². The predicted molar refractivity (Wildman–Crippen MR) is 84.5 cm³/mol. The lowest BCUT2D eigenvalue weighted by molar-refractivity contribution is -0.137. The van der Waals surface area contributed by atoms with Gasteiger partial charge in [-0.15, -0.1) is 0 Å². The Hall–Kier alpha value is -2.39. The quantitative estimate of drug-likeness (QED) is 0.640. The predicted octanol–water partition coefficient (Wildman–Crippen LogP) is 3.85. The first-order valence-corrected chi connectivity index (χ1v) is 8.60. The molecule has 2 aromatic heterocycles. The van der Waals surface area contributed by atoms with Crippen LogP contribution >= 0.6 is 11.6 Å². The molecule has 130 valence electrons. The lowest BCUT2D eigenvalue weighted by Crippen LogP contribution is -2.11. The van der Waals surface area contributed by atoms with Crippen molar-refractivity contribution in [1.82, 2.24) is 13.9 Å². The minimum absolute atomic E-state index is 0.00825. The average molecular weight is 388 g/mol. The number of alkyl halides is 3. The van der Waals surface area contributed by atoms with Crippen molar-refractivity contribution >= 4 is 21.6 Å². The molecule has 0 aliphatic rings. The maximum atomic E-state index is 13.1. The molecule has 5 nitrogen and oxygen atoms in total. The maximum absolute atomic E-state index is 13.1. The van der Waals surface area contributed by atoms with Gasteiger partial charge in [0.1, 0.15) is 5.56 Å². The van der Waals surface area contributed by atoms with E-state index in [1.54, 1.807) is 18.2 Å². The summed E-state index contributed by atoms with van der Waals surface area (Å²) in [5.74, 6) is 0. The summed E-state index contributed by atoms with van der Waals surface area (Å²) in [4.78, 5) is 6.96. The van der Waals surface area contributed by atoms with Crippen molar-refractivity contribution in [3.8, 4) is 11.3 Å². The highest BCUT2D eigenvalue weighted by Crippen LogP contribution is 2.36. The van der Waals surface area contributed by atoms with Crippen molar-refractivity contribution in [1.29, 1.82) is 0 Å². The van der Waals surface area contributed by atoms with Crippen molar-refractivity contribution in [2.45, 2.75) is 11.1 Å². The minimum Gasteiger partial charge on any atom is -0.248 e. The van der Waals surface area contributed by atoms with Gasteiger partial charge in [0.15, 0.2) is 0 Å². The Morgan fingerprint density at radius 1 is 1.08 bits per heavy atom. The Morgan fingerprint density at radius 3 is 2.40 bits per heavy atom. The molecule has 0 saturated heterocycles. The van der Waals surface area contributed by atoms with Crippen LogP contribution in [0.15, 0.2) is 59.9 Å². The molecule has 0 spiro atoms. The topological polar surface area (TPSA) is 64.8 Å². The van der Waals surface area contributed by atoms with Gasteiger partial charge in [0.05, 0.1) is 10.6 Å². The Labute approximate surface area is 145 Å². The fourth-order valence-corrected chi connectivity index (χ4v) is 3.52. The third kappa shape index (κ3) is 3.38. The van der Waals surface area contributed by atoms with Crippen LogP contribution in [0.2, 0.25) is 5.28 Å². The first kappa shape index (κ1) is 17.4. The molecule has 0 saturated carbocycles. The van der Waals surface area contributed by atoms with Gasteiger partial charge in [-0.25, -0.2) is 22.4 Å². The molecule has 0 bridgehead atoms. The van der Waals surface area contributed by atoms with E-state index < -0.39 is 27.5 Å². The summed E-state index contributed by atoms with van der Waals surface area (Å²) in [5, 5.41) is -0.373. The van der Waals surface area contributed by atoms with Crippen LogP contribution in [0.25, 0.3) is 11.3 Å². The largest absolute Gasteiger partial charge is 0.419 e. The van der Waals surface area contributed by atoms with Crippen LogP contribution in [0.1, 0.15) is 5.56 Å². The maximum Gasteiger partial charge on any atom is 0.419 e. The molecule has 1 aromatic carbocycles. The molecule has 25 heavy (non-hydrogen) atoms. The Kier molecular flexibility index (Phi) is 4.29. The van der Waals surface area contributed by atoms with E-state index in [-0.39, 0.29) is 15.7 Å². The second-order valence-corrected chi connectivity index (χ2v) is 7.13. The number of halogens is 4. The second kappa shape index (κ2) is 6.16. The number of hydrogen-bond acceptors (Lipinski definition) is 4. The van der Waals surface area contributed by atoms with E-state index in [4.69, 9.17) is 11.6 Å². The van der Waals surface area contributed by atoms with E-state index in [1.165, 1.54) is 18.2 Å². The van der Waals surface area contributed by atoms with E-state index in [2.05, 4.69) is 9.97 Å². The van der Waals surface area contributed by atoms with Crippen LogP contribution in [0.3, 0.4) is 0 Å².